The molecule has 1 aromatic rings. The van der Waals surface area contributed by atoms with Crippen molar-refractivity contribution in [3.05, 3.63) is 23.3 Å². The molecular weight excluding hydrogens is 248 g/mol. The van der Waals surface area contributed by atoms with E-state index in [0.717, 1.165) is 11.1 Å². The van der Waals surface area contributed by atoms with E-state index in [2.05, 4.69) is 63.3 Å². The van der Waals surface area contributed by atoms with Gasteiger partial charge in [-0.15, -0.1) is 12.8 Å². The van der Waals surface area contributed by atoms with E-state index in [0.29, 0.717) is 0 Å². The Balaban J connectivity index is 3.71. The maximum atomic E-state index is 5.58. The summed E-state index contributed by atoms with van der Waals surface area (Å²) in [5.41, 5.74) is 1.74. The molecule has 0 bridgehead atoms. The van der Waals surface area contributed by atoms with Crippen molar-refractivity contribution in [3.8, 4) is 24.7 Å². The van der Waals surface area contributed by atoms with Crippen LogP contribution in [-0.4, -0.2) is 16.1 Å². The Bertz CT molecular complexity index is 490. The topological polar surface area (TPSA) is 0 Å². The summed E-state index contributed by atoms with van der Waals surface area (Å²) in [5, 5.41) is 2.96. The van der Waals surface area contributed by atoms with Gasteiger partial charge in [-0.2, -0.15) is 0 Å². The Morgan fingerprint density at radius 2 is 1.00 bits per heavy atom. The van der Waals surface area contributed by atoms with Gasteiger partial charge in [0.2, 0.25) is 0 Å². The minimum atomic E-state index is -1.40. The van der Waals surface area contributed by atoms with Gasteiger partial charge in [-0.1, -0.05) is 61.5 Å². The average molecular weight is 271 g/mol. The smallest absolute Gasteiger partial charge is 0.0775 e. The van der Waals surface area contributed by atoms with E-state index in [4.69, 9.17) is 12.8 Å². The molecule has 0 aromatic heterocycles. The normalized spacial score (nSPS) is 11.8. The van der Waals surface area contributed by atoms with Crippen LogP contribution in [0.4, 0.5) is 0 Å². The lowest BCUT2D eigenvalue weighted by atomic mass is 10.1. The highest BCUT2D eigenvalue weighted by atomic mass is 28.3. The van der Waals surface area contributed by atoms with E-state index in [9.17, 15) is 0 Å². The number of terminal acetylenes is 2. The van der Waals surface area contributed by atoms with Crippen molar-refractivity contribution in [1.82, 2.24) is 0 Å². The standard InChI is InChI=1S/C16H22Si2/c1-9-13-11-15(17(3,4)5)16(18(6,7)8)12-14(13)10-2/h1-2,11-12H,3-8H3. The highest BCUT2D eigenvalue weighted by Gasteiger charge is 2.28. The first-order valence-corrected chi connectivity index (χ1v) is 13.2. The van der Waals surface area contributed by atoms with Crippen LogP contribution in [0.5, 0.6) is 0 Å². The maximum absolute atomic E-state index is 5.58. The molecule has 0 unspecified atom stereocenters. The van der Waals surface area contributed by atoms with Crippen molar-refractivity contribution < 1.29 is 0 Å². The first kappa shape index (κ1) is 14.8. The van der Waals surface area contributed by atoms with Crippen LogP contribution < -0.4 is 10.4 Å². The molecule has 0 heterocycles. The lowest BCUT2D eigenvalue weighted by Crippen LogP contribution is -2.56. The van der Waals surface area contributed by atoms with Gasteiger partial charge in [-0.25, -0.2) is 0 Å². The Morgan fingerprint density at radius 1 is 0.722 bits per heavy atom. The van der Waals surface area contributed by atoms with Gasteiger partial charge >= 0.3 is 0 Å². The van der Waals surface area contributed by atoms with E-state index >= 15 is 0 Å². The van der Waals surface area contributed by atoms with E-state index < -0.39 is 16.1 Å². The molecule has 2 heteroatoms. The molecule has 18 heavy (non-hydrogen) atoms. The van der Waals surface area contributed by atoms with Crippen LogP contribution in [-0.2, 0) is 0 Å². The predicted octanol–water partition coefficient (Wildman–Crippen LogP) is 2.74. The lowest BCUT2D eigenvalue weighted by molar-refractivity contribution is 1.59. The molecule has 1 aromatic carbocycles. The van der Waals surface area contributed by atoms with Crippen LogP contribution in [0.3, 0.4) is 0 Å². The number of benzene rings is 1. The van der Waals surface area contributed by atoms with E-state index in [1.165, 1.54) is 10.4 Å². The largest absolute Gasteiger partial charge is 0.115 e. The van der Waals surface area contributed by atoms with Crippen LogP contribution in [0.25, 0.3) is 0 Å². The number of hydrogen-bond acceptors (Lipinski definition) is 0. The van der Waals surface area contributed by atoms with Crippen LogP contribution in [0.1, 0.15) is 11.1 Å². The summed E-state index contributed by atoms with van der Waals surface area (Å²) in [4.78, 5) is 0. The molecule has 0 N–H and O–H groups in total. The molecule has 0 atom stereocenters. The van der Waals surface area contributed by atoms with Crippen molar-refractivity contribution >= 4 is 26.5 Å². The van der Waals surface area contributed by atoms with Crippen molar-refractivity contribution in [3.63, 3.8) is 0 Å². The molecule has 0 amide bonds. The summed E-state index contributed by atoms with van der Waals surface area (Å²) in [6.07, 6.45) is 11.2. The van der Waals surface area contributed by atoms with Gasteiger partial charge in [0.25, 0.3) is 0 Å². The van der Waals surface area contributed by atoms with Crippen molar-refractivity contribution in [2.24, 2.45) is 0 Å². The maximum Gasteiger partial charge on any atom is 0.0775 e. The van der Waals surface area contributed by atoms with Gasteiger partial charge in [-0.05, 0) is 12.1 Å². The fourth-order valence-corrected chi connectivity index (χ4v) is 7.24. The fraction of sp³-hybridized carbons (Fsp3) is 0.375. The first-order valence-electron chi connectivity index (χ1n) is 6.23. The zero-order valence-electron chi connectivity index (χ0n) is 12.3. The molecule has 0 saturated carbocycles. The Morgan fingerprint density at radius 3 is 1.17 bits per heavy atom. The van der Waals surface area contributed by atoms with Crippen LogP contribution >= 0.6 is 0 Å². The van der Waals surface area contributed by atoms with Crippen molar-refractivity contribution in [2.75, 3.05) is 0 Å². The van der Waals surface area contributed by atoms with E-state index in [1.807, 2.05) is 0 Å². The Labute approximate surface area is 114 Å². The minimum absolute atomic E-state index is 0.872. The molecule has 0 aliphatic heterocycles. The molecule has 0 aliphatic carbocycles. The summed E-state index contributed by atoms with van der Waals surface area (Å²) < 4.78 is 0. The molecule has 0 spiro atoms. The van der Waals surface area contributed by atoms with E-state index in [-0.39, 0.29) is 0 Å². The predicted molar refractivity (Wildman–Crippen MR) is 88.3 cm³/mol. The van der Waals surface area contributed by atoms with Gasteiger partial charge in [0.1, 0.15) is 0 Å². The number of hydrogen-bond donors (Lipinski definition) is 0. The summed E-state index contributed by atoms with van der Waals surface area (Å²) in [6, 6.07) is 4.35. The van der Waals surface area contributed by atoms with Gasteiger partial charge in [0, 0.05) is 11.1 Å². The van der Waals surface area contributed by atoms with Gasteiger partial charge in [0.15, 0.2) is 0 Å². The Hall–Kier alpha value is -1.23. The van der Waals surface area contributed by atoms with Crippen LogP contribution in [0.2, 0.25) is 39.3 Å². The summed E-state index contributed by atoms with van der Waals surface area (Å²) in [7, 11) is -2.80. The quantitative estimate of drug-likeness (QED) is 0.573. The SMILES string of the molecule is C#Cc1cc([Si](C)(C)C)c([Si](C)(C)C)cc1C#C. The van der Waals surface area contributed by atoms with Gasteiger partial charge in [0.05, 0.1) is 16.1 Å². The van der Waals surface area contributed by atoms with E-state index in [1.54, 1.807) is 0 Å². The third-order valence-electron chi connectivity index (χ3n) is 3.08. The molecule has 0 radical (unpaired) electrons. The van der Waals surface area contributed by atoms with Crippen molar-refractivity contribution in [2.45, 2.75) is 39.3 Å². The molecule has 0 saturated heterocycles. The zero-order valence-corrected chi connectivity index (χ0v) is 14.3. The molecule has 0 aliphatic rings. The lowest BCUT2D eigenvalue weighted by Gasteiger charge is -2.28. The minimum Gasteiger partial charge on any atom is -0.115 e. The molecule has 1 rings (SSSR count). The molecule has 94 valence electrons. The Kier molecular flexibility index (Phi) is 3.96. The fourth-order valence-electron chi connectivity index (χ4n) is 2.08. The molecular formula is C16H22Si2. The highest BCUT2D eigenvalue weighted by Crippen LogP contribution is 2.12. The highest BCUT2D eigenvalue weighted by molar-refractivity contribution is 6.98. The summed E-state index contributed by atoms with van der Waals surface area (Å²) >= 11 is 0. The summed E-state index contributed by atoms with van der Waals surface area (Å²) in [5.74, 6) is 5.47. The monoisotopic (exact) mass is 270 g/mol. The molecule has 0 fully saturated rings. The summed E-state index contributed by atoms with van der Waals surface area (Å²) in [6.45, 7) is 14.2. The average Bonchev–Trinajstić information content (AvgIpc) is 2.24. The second kappa shape index (κ2) is 4.80. The second-order valence-electron chi connectivity index (χ2n) is 6.73. The van der Waals surface area contributed by atoms with Crippen LogP contribution in [0.15, 0.2) is 12.1 Å². The molecule has 0 nitrogen and oxygen atoms in total. The zero-order chi connectivity index (χ0) is 14.1. The van der Waals surface area contributed by atoms with Crippen molar-refractivity contribution in [1.29, 1.82) is 0 Å². The third-order valence-corrected chi connectivity index (χ3v) is 7.39. The first-order chi connectivity index (χ1) is 8.11. The van der Waals surface area contributed by atoms with Crippen LogP contribution in [0, 0.1) is 24.7 Å². The third kappa shape index (κ3) is 2.96. The van der Waals surface area contributed by atoms with Gasteiger partial charge < -0.3 is 0 Å². The second-order valence-corrected chi connectivity index (χ2v) is 16.8. The van der Waals surface area contributed by atoms with Gasteiger partial charge in [-0.3, -0.25) is 0 Å². The number of rotatable bonds is 2.